The molecule has 0 aromatic carbocycles. The first-order valence-electron chi connectivity index (χ1n) is 14.4. The Balaban J connectivity index is 1.92. The van der Waals surface area contributed by atoms with E-state index in [9.17, 15) is 9.59 Å². The number of unbranched alkanes of at least 4 members (excludes halogenated alkanes) is 5. The van der Waals surface area contributed by atoms with Crippen LogP contribution < -0.4 is 0 Å². The summed E-state index contributed by atoms with van der Waals surface area (Å²) < 4.78 is 5.97. The number of likely N-dealkylation sites (tertiary alicyclic amines) is 1. The van der Waals surface area contributed by atoms with Gasteiger partial charge in [-0.3, -0.25) is 14.5 Å². The highest BCUT2D eigenvalue weighted by Crippen LogP contribution is 2.43. The van der Waals surface area contributed by atoms with E-state index in [1.54, 1.807) is 7.11 Å². The van der Waals surface area contributed by atoms with Gasteiger partial charge in [0.05, 0.1) is 7.11 Å². The molecule has 2 fully saturated rings. The van der Waals surface area contributed by atoms with Crippen LogP contribution in [0.15, 0.2) is 0 Å². The maximum absolute atomic E-state index is 13.2. The summed E-state index contributed by atoms with van der Waals surface area (Å²) in [5, 5.41) is 1.99. The lowest BCUT2D eigenvalue weighted by atomic mass is 9.73. The van der Waals surface area contributed by atoms with Crippen LogP contribution in [0.25, 0.3) is 0 Å². The van der Waals surface area contributed by atoms with E-state index in [2.05, 4.69) is 67.2 Å². The molecule has 0 radical (unpaired) electrons. The third-order valence-corrected chi connectivity index (χ3v) is 8.50. The highest BCUT2D eigenvalue weighted by Gasteiger charge is 2.49. The average molecular weight is 509 g/mol. The van der Waals surface area contributed by atoms with E-state index in [1.807, 2.05) is 5.06 Å². The summed E-state index contributed by atoms with van der Waals surface area (Å²) in [5.74, 6) is -0.539. The third kappa shape index (κ3) is 8.01. The topological polar surface area (TPSA) is 59.1 Å². The highest BCUT2D eigenvalue weighted by atomic mass is 16.7. The van der Waals surface area contributed by atoms with Crippen molar-refractivity contribution in [2.45, 2.75) is 161 Å². The van der Waals surface area contributed by atoms with Crippen LogP contribution in [0.1, 0.15) is 133 Å². The van der Waals surface area contributed by atoms with E-state index in [0.29, 0.717) is 12.8 Å². The Morgan fingerprint density at radius 3 is 1.75 bits per heavy atom. The number of ether oxygens (including phenoxy) is 1. The Bertz CT molecular complexity index is 707. The molecule has 6 heteroatoms. The Morgan fingerprint density at radius 2 is 1.25 bits per heavy atom. The molecule has 0 aliphatic carbocycles. The van der Waals surface area contributed by atoms with Gasteiger partial charge in [-0.1, -0.05) is 39.0 Å². The van der Waals surface area contributed by atoms with Crippen molar-refractivity contribution < 1.29 is 19.2 Å². The first-order valence-corrected chi connectivity index (χ1v) is 14.4. The monoisotopic (exact) mass is 508 g/mol. The number of piperidine rings is 2. The summed E-state index contributed by atoms with van der Waals surface area (Å²) >= 11 is 0. The molecule has 0 aromatic rings. The maximum Gasteiger partial charge on any atom is 0.313 e. The van der Waals surface area contributed by atoms with Crippen molar-refractivity contribution in [1.82, 2.24) is 9.96 Å². The third-order valence-electron chi connectivity index (χ3n) is 8.50. The van der Waals surface area contributed by atoms with E-state index in [0.717, 1.165) is 19.4 Å². The summed E-state index contributed by atoms with van der Waals surface area (Å²) in [6.45, 7) is 20.8. The van der Waals surface area contributed by atoms with E-state index in [-0.39, 0.29) is 52.4 Å². The number of rotatable bonds is 12. The zero-order chi connectivity index (χ0) is 27.4. The van der Waals surface area contributed by atoms with Gasteiger partial charge in [-0.15, -0.1) is 0 Å². The Kier molecular flexibility index (Phi) is 10.6. The molecule has 0 spiro atoms. The van der Waals surface area contributed by atoms with Crippen LogP contribution in [0, 0.1) is 5.92 Å². The Labute approximate surface area is 221 Å². The molecule has 210 valence electrons. The van der Waals surface area contributed by atoms with Gasteiger partial charge in [0, 0.05) is 40.9 Å². The number of hydrogen-bond acceptors (Lipinski definition) is 6. The number of ketones is 1. The number of hydrogen-bond donors (Lipinski definition) is 0. The lowest BCUT2D eigenvalue weighted by Gasteiger charge is -2.55. The van der Waals surface area contributed by atoms with Gasteiger partial charge in [0.15, 0.2) is 0 Å². The van der Waals surface area contributed by atoms with Crippen molar-refractivity contribution in [3.05, 3.63) is 0 Å². The molecule has 2 rings (SSSR count). The van der Waals surface area contributed by atoms with Crippen LogP contribution in [0.2, 0.25) is 0 Å². The summed E-state index contributed by atoms with van der Waals surface area (Å²) in [4.78, 5) is 34.4. The van der Waals surface area contributed by atoms with Crippen LogP contribution >= 0.6 is 0 Å². The van der Waals surface area contributed by atoms with Crippen LogP contribution in [-0.2, 0) is 19.2 Å². The molecule has 0 saturated carbocycles. The van der Waals surface area contributed by atoms with Gasteiger partial charge >= 0.3 is 5.97 Å². The SMILES string of the molecule is CCCCCCCCN1C(C)(C)CC(OC(=O)CC(=O)C2CC(C)(C)N(OC)C(C)(C)C2)CC1(C)C. The normalized spacial score (nSPS) is 24.5. The highest BCUT2D eigenvalue weighted by molar-refractivity contribution is 5.97. The predicted octanol–water partition coefficient (Wildman–Crippen LogP) is 6.70. The average Bonchev–Trinajstić information content (AvgIpc) is 2.69. The van der Waals surface area contributed by atoms with Gasteiger partial charge < -0.3 is 9.57 Å². The molecule has 2 heterocycles. The van der Waals surface area contributed by atoms with Crippen molar-refractivity contribution in [2.24, 2.45) is 5.92 Å². The van der Waals surface area contributed by atoms with Crippen LogP contribution in [0.5, 0.6) is 0 Å². The second-order valence-electron chi connectivity index (χ2n) is 13.9. The molecule has 0 N–H and O–H groups in total. The van der Waals surface area contributed by atoms with Crippen molar-refractivity contribution in [1.29, 1.82) is 0 Å². The standard InChI is InChI=1S/C30H56N2O4/c1-11-12-13-14-15-16-17-31-27(2,3)21-24(22-28(31,4)5)36-26(34)18-25(33)23-19-29(6,7)32(35-10)30(8,9)20-23/h23-24H,11-22H2,1-10H3. The smallest absolute Gasteiger partial charge is 0.313 e. The largest absolute Gasteiger partial charge is 0.462 e. The van der Waals surface area contributed by atoms with Crippen molar-refractivity contribution in [2.75, 3.05) is 13.7 Å². The summed E-state index contributed by atoms with van der Waals surface area (Å²) in [5.41, 5.74) is -0.669. The van der Waals surface area contributed by atoms with Gasteiger partial charge in [-0.2, -0.15) is 5.06 Å². The van der Waals surface area contributed by atoms with Gasteiger partial charge in [0.1, 0.15) is 18.3 Å². The van der Waals surface area contributed by atoms with E-state index in [1.165, 1.54) is 38.5 Å². The first-order chi connectivity index (χ1) is 16.6. The van der Waals surface area contributed by atoms with Crippen LogP contribution in [-0.4, -0.2) is 63.6 Å². The number of Topliss-reactive ketones (excluding diaryl/α,β-unsaturated/α-hetero) is 1. The molecule has 0 bridgehead atoms. The number of esters is 1. The van der Waals surface area contributed by atoms with E-state index in [4.69, 9.17) is 9.57 Å². The first kappa shape index (κ1) is 31.2. The van der Waals surface area contributed by atoms with E-state index < -0.39 is 0 Å². The molecular formula is C30H56N2O4. The number of carbonyl (C=O) groups excluding carboxylic acids is 2. The second kappa shape index (κ2) is 12.3. The fourth-order valence-corrected chi connectivity index (χ4v) is 7.46. The molecule has 36 heavy (non-hydrogen) atoms. The number of nitrogens with zero attached hydrogens (tertiary/aromatic N) is 2. The molecule has 6 nitrogen and oxygen atoms in total. The lowest BCUT2D eigenvalue weighted by molar-refractivity contribution is -0.270. The molecular weight excluding hydrogens is 452 g/mol. The second-order valence-corrected chi connectivity index (χ2v) is 13.9. The molecule has 2 aliphatic rings. The van der Waals surface area contributed by atoms with Crippen LogP contribution in [0.3, 0.4) is 0 Å². The summed E-state index contributed by atoms with van der Waals surface area (Å²) in [7, 11) is 1.69. The molecule has 0 unspecified atom stereocenters. The van der Waals surface area contributed by atoms with Crippen molar-refractivity contribution >= 4 is 11.8 Å². The van der Waals surface area contributed by atoms with Gasteiger partial charge in [-0.25, -0.2) is 0 Å². The minimum Gasteiger partial charge on any atom is -0.462 e. The summed E-state index contributed by atoms with van der Waals surface area (Å²) in [6, 6.07) is 0. The molecule has 0 amide bonds. The molecule has 0 atom stereocenters. The van der Waals surface area contributed by atoms with Gasteiger partial charge in [0.2, 0.25) is 0 Å². The molecule has 2 saturated heterocycles. The lowest BCUT2D eigenvalue weighted by Crippen LogP contribution is -2.62. The minimum atomic E-state index is -0.370. The van der Waals surface area contributed by atoms with Crippen molar-refractivity contribution in [3.8, 4) is 0 Å². The maximum atomic E-state index is 13.2. The fraction of sp³-hybridized carbons (Fsp3) is 0.933. The predicted molar refractivity (Wildman–Crippen MR) is 147 cm³/mol. The van der Waals surface area contributed by atoms with Crippen molar-refractivity contribution in [3.63, 3.8) is 0 Å². The fourth-order valence-electron chi connectivity index (χ4n) is 7.46. The van der Waals surface area contributed by atoms with Crippen LogP contribution in [0.4, 0.5) is 0 Å². The van der Waals surface area contributed by atoms with E-state index >= 15 is 0 Å². The minimum absolute atomic E-state index is 0.00377. The quantitative estimate of drug-likeness (QED) is 0.166. The Morgan fingerprint density at radius 1 is 0.750 bits per heavy atom. The zero-order valence-corrected chi connectivity index (χ0v) is 25.2. The summed E-state index contributed by atoms with van der Waals surface area (Å²) in [6.07, 6.45) is 10.4. The Hall–Kier alpha value is -0.980. The molecule has 2 aliphatic heterocycles. The number of carbonyl (C=O) groups is 2. The van der Waals surface area contributed by atoms with Gasteiger partial charge in [-0.05, 0) is 81.2 Å². The zero-order valence-electron chi connectivity index (χ0n) is 25.2. The van der Waals surface area contributed by atoms with Gasteiger partial charge in [0.25, 0.3) is 0 Å². The number of hydroxylamine groups is 2. The molecule has 0 aromatic heterocycles.